The summed E-state index contributed by atoms with van der Waals surface area (Å²) in [7, 11) is 0. The van der Waals surface area contributed by atoms with Crippen LogP contribution in [0.25, 0.3) is 0 Å². The molecule has 0 radical (unpaired) electrons. The molecule has 0 aliphatic rings. The maximum Gasteiger partial charge on any atom is 0.242 e. The van der Waals surface area contributed by atoms with Crippen LogP contribution in [0.2, 0.25) is 0 Å². The highest BCUT2D eigenvalue weighted by Crippen LogP contribution is 2.23. The molecule has 0 aliphatic carbocycles. The smallest absolute Gasteiger partial charge is 0.0652 e. The lowest BCUT2D eigenvalue weighted by Crippen LogP contribution is -2.57. The summed E-state index contributed by atoms with van der Waals surface area (Å²) in [5.41, 5.74) is 23.0. The van der Waals surface area contributed by atoms with Gasteiger partial charge < -0.3 is 0 Å². The van der Waals surface area contributed by atoms with Gasteiger partial charge in [-0.1, -0.05) is 56.3 Å². The summed E-state index contributed by atoms with van der Waals surface area (Å²) in [4.78, 5) is 0. The number of hydrogen-bond donors (Lipinski definition) is 0. The van der Waals surface area contributed by atoms with Gasteiger partial charge in [0.15, 0.2) is 0 Å². The van der Waals surface area contributed by atoms with Gasteiger partial charge >= 0.3 is 0 Å². The second-order valence-electron chi connectivity index (χ2n) is 10.3. The molecule has 0 atom stereocenters. The predicted octanol–water partition coefficient (Wildman–Crippen LogP) is 6.21. The molecule has 0 amide bonds. The Balaban J connectivity index is 2.60. The average Bonchev–Trinajstić information content (AvgIpc) is 2.75. The summed E-state index contributed by atoms with van der Waals surface area (Å²) in [6, 6.07) is 4.83. The van der Waals surface area contributed by atoms with Crippen LogP contribution < -0.4 is 16.4 Å². The highest BCUT2D eigenvalue weighted by molar-refractivity contribution is 6.97. The topological polar surface area (TPSA) is 0 Å². The van der Waals surface area contributed by atoms with Gasteiger partial charge in [0, 0.05) is 0 Å². The van der Waals surface area contributed by atoms with E-state index in [9.17, 15) is 0 Å². The molecule has 0 nitrogen and oxygen atoms in total. The van der Waals surface area contributed by atoms with Crippen molar-refractivity contribution in [1.29, 1.82) is 0 Å². The maximum atomic E-state index is 2.47. The van der Waals surface area contributed by atoms with Crippen molar-refractivity contribution in [3.8, 4) is 0 Å². The molecule has 3 aromatic rings. The highest BCUT2D eigenvalue weighted by atomic mass is 14.2. The first-order chi connectivity index (χ1) is 14.8. The molecule has 3 aromatic carbocycles. The van der Waals surface area contributed by atoms with Crippen LogP contribution in [0, 0.1) is 90.0 Å². The molecule has 1 heteroatoms. The van der Waals surface area contributed by atoms with Crippen LogP contribution in [0.3, 0.4) is 0 Å². The van der Waals surface area contributed by atoms with Crippen molar-refractivity contribution < 1.29 is 0 Å². The molecule has 0 saturated carbocycles. The summed E-state index contributed by atoms with van der Waals surface area (Å²) >= 11 is 0. The van der Waals surface area contributed by atoms with Crippen molar-refractivity contribution in [2.75, 3.05) is 0 Å². The average molecular weight is 424 g/mol. The maximum absolute atomic E-state index is 2.47. The zero-order valence-electron chi connectivity index (χ0n) is 22.7. The van der Waals surface area contributed by atoms with E-state index in [2.05, 4.69) is 102 Å². The minimum atomic E-state index is 0.240. The van der Waals surface area contributed by atoms with E-state index >= 15 is 0 Å². The van der Waals surface area contributed by atoms with Crippen molar-refractivity contribution >= 4 is 23.1 Å². The minimum absolute atomic E-state index is 0.240. The van der Waals surface area contributed by atoms with E-state index in [1.165, 1.54) is 88.7 Å². The fourth-order valence-electron chi connectivity index (χ4n) is 5.64. The third kappa shape index (κ3) is 3.64. The van der Waals surface area contributed by atoms with E-state index in [4.69, 9.17) is 0 Å². The monoisotopic (exact) mass is 424 g/mol. The van der Waals surface area contributed by atoms with Crippen LogP contribution in [0.5, 0.6) is 0 Å². The van der Waals surface area contributed by atoms with Crippen molar-refractivity contribution in [1.82, 2.24) is 0 Å². The van der Waals surface area contributed by atoms with E-state index in [-0.39, 0.29) is 6.71 Å². The van der Waals surface area contributed by atoms with E-state index in [1.54, 1.807) is 0 Å². The van der Waals surface area contributed by atoms with Crippen molar-refractivity contribution in [3.05, 3.63) is 84.5 Å². The van der Waals surface area contributed by atoms with E-state index in [0.717, 1.165) is 0 Å². The number of hydrogen-bond acceptors (Lipinski definition) is 0. The molecule has 0 spiro atoms. The lowest BCUT2D eigenvalue weighted by Gasteiger charge is -2.30. The molecule has 0 N–H and O–H groups in total. The van der Waals surface area contributed by atoms with Crippen molar-refractivity contribution in [3.63, 3.8) is 0 Å². The third-order valence-corrected chi connectivity index (χ3v) is 8.89. The molecule has 32 heavy (non-hydrogen) atoms. The van der Waals surface area contributed by atoms with Gasteiger partial charge in [0.2, 0.25) is 6.71 Å². The van der Waals surface area contributed by atoms with Crippen LogP contribution in [-0.4, -0.2) is 6.71 Å². The Kier molecular flexibility index (Phi) is 6.53. The summed E-state index contributed by atoms with van der Waals surface area (Å²) in [6.07, 6.45) is 0. The lowest BCUT2D eigenvalue weighted by molar-refractivity contribution is 1.19. The normalized spacial score (nSPS) is 11.3. The Morgan fingerprint density at radius 1 is 0.344 bits per heavy atom. The number of aryl methyl sites for hydroxylation is 3. The molecule has 3 rings (SSSR count). The summed E-state index contributed by atoms with van der Waals surface area (Å²) in [5.74, 6) is 0. The second kappa shape index (κ2) is 8.58. The fourth-order valence-corrected chi connectivity index (χ4v) is 5.64. The van der Waals surface area contributed by atoms with Crippen LogP contribution in [0.15, 0.2) is 12.1 Å². The van der Waals surface area contributed by atoms with Gasteiger partial charge in [-0.25, -0.2) is 0 Å². The van der Waals surface area contributed by atoms with Gasteiger partial charge in [0.25, 0.3) is 0 Å². The van der Waals surface area contributed by atoms with Gasteiger partial charge in [-0.15, -0.1) is 0 Å². The molecule has 0 bridgehead atoms. The van der Waals surface area contributed by atoms with Gasteiger partial charge in [0.05, 0.1) is 0 Å². The van der Waals surface area contributed by atoms with Gasteiger partial charge in [0.1, 0.15) is 0 Å². The molecule has 0 heterocycles. The van der Waals surface area contributed by atoms with Gasteiger partial charge in [-0.05, 0) is 135 Å². The molecule has 0 aromatic heterocycles. The van der Waals surface area contributed by atoms with Gasteiger partial charge in [-0.3, -0.25) is 0 Å². The fraction of sp³-hybridized carbons (Fsp3) is 0.419. The summed E-state index contributed by atoms with van der Waals surface area (Å²) in [6.45, 7) is 30.2. The van der Waals surface area contributed by atoms with Crippen LogP contribution >= 0.6 is 0 Å². The number of rotatable bonds is 3. The summed E-state index contributed by atoms with van der Waals surface area (Å²) in [5, 5.41) is 0. The predicted molar refractivity (Wildman–Crippen MR) is 146 cm³/mol. The van der Waals surface area contributed by atoms with E-state index in [0.29, 0.717) is 0 Å². The Bertz CT molecular complexity index is 1190. The Morgan fingerprint density at radius 3 is 1.16 bits per heavy atom. The SMILES string of the molecule is Cc1cc(B(c2c(C)c(C)cc(C)c2C)c2c(C)c(C)c(C)c(C)c2C)c(C)c(C)c1C. The molecule has 0 aliphatic heterocycles. The van der Waals surface area contributed by atoms with Crippen molar-refractivity contribution in [2.45, 2.75) is 90.0 Å². The molecule has 0 fully saturated rings. The quantitative estimate of drug-likeness (QED) is 0.439. The zero-order valence-corrected chi connectivity index (χ0v) is 22.7. The molecule has 0 unspecified atom stereocenters. The van der Waals surface area contributed by atoms with E-state index < -0.39 is 0 Å². The molecular formula is C31H41B. The first kappa shape index (κ1) is 24.4. The largest absolute Gasteiger partial charge is 0.242 e. The number of benzene rings is 3. The third-order valence-electron chi connectivity index (χ3n) is 8.89. The molecule has 168 valence electrons. The molecule has 0 saturated heterocycles. The van der Waals surface area contributed by atoms with Crippen LogP contribution in [0.4, 0.5) is 0 Å². The Labute approximate surface area is 197 Å². The lowest BCUT2D eigenvalue weighted by atomic mass is 9.33. The van der Waals surface area contributed by atoms with Crippen molar-refractivity contribution in [2.24, 2.45) is 0 Å². The minimum Gasteiger partial charge on any atom is -0.0652 e. The summed E-state index contributed by atoms with van der Waals surface area (Å²) < 4.78 is 0. The van der Waals surface area contributed by atoms with E-state index in [1.807, 2.05) is 0 Å². The first-order valence-corrected chi connectivity index (χ1v) is 12.0. The van der Waals surface area contributed by atoms with Crippen LogP contribution in [-0.2, 0) is 0 Å². The first-order valence-electron chi connectivity index (χ1n) is 12.0. The Morgan fingerprint density at radius 2 is 0.688 bits per heavy atom. The molecular weight excluding hydrogens is 383 g/mol. The van der Waals surface area contributed by atoms with Gasteiger partial charge in [-0.2, -0.15) is 0 Å². The second-order valence-corrected chi connectivity index (χ2v) is 10.3. The Hall–Kier alpha value is -2.28. The highest BCUT2D eigenvalue weighted by Gasteiger charge is 2.32. The van der Waals surface area contributed by atoms with Crippen LogP contribution in [0.1, 0.15) is 72.3 Å². The zero-order chi connectivity index (χ0) is 24.2. The standard InChI is InChI=1S/C31H41B/c1-16-14-17(2)21(6)30(20(16)5)32(29-15-18(3)19(4)22(7)26(29)11)31-27(12)24(9)23(8)25(10)28(31)13/h14-15H,1-13H3.